The van der Waals surface area contributed by atoms with Gasteiger partial charge in [0.05, 0.1) is 11.2 Å². The zero-order chi connectivity index (χ0) is 14.1. The molecule has 0 saturated heterocycles. The highest BCUT2D eigenvalue weighted by molar-refractivity contribution is 9.10. The zero-order valence-electron chi connectivity index (χ0n) is 10.2. The fourth-order valence-electron chi connectivity index (χ4n) is 1.77. The van der Waals surface area contributed by atoms with Crippen molar-refractivity contribution in [3.63, 3.8) is 0 Å². The molecule has 3 nitrogen and oxygen atoms in total. The van der Waals surface area contributed by atoms with E-state index >= 15 is 0 Å². The molecule has 20 heavy (non-hydrogen) atoms. The third-order valence-electron chi connectivity index (χ3n) is 2.74. The third-order valence-corrected chi connectivity index (χ3v) is 4.42. The van der Waals surface area contributed by atoms with Crippen LogP contribution in [0.3, 0.4) is 0 Å². The number of rotatable bonds is 3. The van der Waals surface area contributed by atoms with Gasteiger partial charge in [-0.1, -0.05) is 28.1 Å². The lowest BCUT2D eigenvalue weighted by molar-refractivity contribution is 0.456. The Bertz CT molecular complexity index is 745. The van der Waals surface area contributed by atoms with Crippen molar-refractivity contribution < 1.29 is 13.4 Å². The van der Waals surface area contributed by atoms with Crippen LogP contribution in [0, 0.1) is 5.82 Å². The summed E-state index contributed by atoms with van der Waals surface area (Å²) in [6.45, 7) is 0. The topological polar surface area (TPSA) is 49.1 Å². The third kappa shape index (κ3) is 2.87. The number of benzene rings is 2. The van der Waals surface area contributed by atoms with Crippen LogP contribution in [0.15, 0.2) is 56.6 Å². The molecule has 1 unspecified atom stereocenters. The predicted octanol–water partition coefficient (Wildman–Crippen LogP) is 4.04. The molecule has 1 aromatic heterocycles. The number of nitrogens with zero attached hydrogens (tertiary/aromatic N) is 1. The Labute approximate surface area is 126 Å². The molecule has 6 heteroatoms. The van der Waals surface area contributed by atoms with Gasteiger partial charge in [0.25, 0.3) is 0 Å². The largest absolute Gasteiger partial charge is 0.607 e. The summed E-state index contributed by atoms with van der Waals surface area (Å²) >= 11 is 1.95. The monoisotopic (exact) mass is 353 g/mol. The summed E-state index contributed by atoms with van der Waals surface area (Å²) in [6.07, 6.45) is 0. The minimum Gasteiger partial charge on any atom is -0.607 e. The van der Waals surface area contributed by atoms with Gasteiger partial charge in [0.1, 0.15) is 17.1 Å². The number of fused-ring (bicyclic) bond motifs is 1. The van der Waals surface area contributed by atoms with E-state index in [-0.39, 0.29) is 5.22 Å². The zero-order valence-corrected chi connectivity index (χ0v) is 12.6. The first-order valence-electron chi connectivity index (χ1n) is 5.81. The van der Waals surface area contributed by atoms with Crippen molar-refractivity contribution in [2.24, 2.45) is 0 Å². The minimum absolute atomic E-state index is 0.119. The summed E-state index contributed by atoms with van der Waals surface area (Å²) in [7, 11) is 0. The Morgan fingerprint density at radius 3 is 2.70 bits per heavy atom. The Balaban J connectivity index is 1.84. The molecular weight excluding hydrogens is 345 g/mol. The standard InChI is InChI=1S/C14H9BrFNO2S/c15-10-3-1-9(2-4-10)8-20(18)14-17-12-6-5-11(16)7-13(12)19-14/h1-7H,8H2. The summed E-state index contributed by atoms with van der Waals surface area (Å²) in [4.78, 5) is 4.12. The number of aromatic nitrogens is 1. The van der Waals surface area contributed by atoms with Gasteiger partial charge in [-0.25, -0.2) is 4.39 Å². The lowest BCUT2D eigenvalue weighted by atomic mass is 10.2. The molecule has 0 amide bonds. The Kier molecular flexibility index (Phi) is 3.78. The predicted molar refractivity (Wildman–Crippen MR) is 78.2 cm³/mol. The van der Waals surface area contributed by atoms with Crippen molar-refractivity contribution in [2.45, 2.75) is 11.0 Å². The molecule has 1 heterocycles. The molecule has 0 bridgehead atoms. The van der Waals surface area contributed by atoms with Crippen molar-refractivity contribution >= 4 is 38.2 Å². The van der Waals surface area contributed by atoms with Gasteiger partial charge in [0.2, 0.25) is 0 Å². The van der Waals surface area contributed by atoms with Gasteiger partial charge in [-0.05, 0) is 24.3 Å². The molecular formula is C14H9BrFNO2S. The second kappa shape index (κ2) is 5.55. The maximum Gasteiger partial charge on any atom is 0.416 e. The average Bonchev–Trinajstić information content (AvgIpc) is 2.84. The first-order valence-corrected chi connectivity index (χ1v) is 7.92. The van der Waals surface area contributed by atoms with Crippen LogP contribution in [0.4, 0.5) is 4.39 Å². The number of halogens is 2. The molecule has 1 atom stereocenters. The summed E-state index contributed by atoms with van der Waals surface area (Å²) in [5.41, 5.74) is 1.73. The Hall–Kier alpha value is -1.37. The van der Waals surface area contributed by atoms with E-state index in [2.05, 4.69) is 20.9 Å². The first-order chi connectivity index (χ1) is 9.61. The van der Waals surface area contributed by atoms with Crippen LogP contribution in [0.2, 0.25) is 0 Å². The van der Waals surface area contributed by atoms with Crippen molar-refractivity contribution in [3.05, 3.63) is 58.3 Å². The summed E-state index contributed by atoms with van der Waals surface area (Å²) < 4.78 is 31.6. The van der Waals surface area contributed by atoms with Gasteiger partial charge in [-0.2, -0.15) is 4.98 Å². The van der Waals surface area contributed by atoms with E-state index < -0.39 is 17.0 Å². The molecule has 0 aliphatic heterocycles. The van der Waals surface area contributed by atoms with Crippen molar-refractivity contribution in [3.8, 4) is 0 Å². The highest BCUT2D eigenvalue weighted by Crippen LogP contribution is 2.23. The van der Waals surface area contributed by atoms with E-state index in [0.29, 0.717) is 16.9 Å². The Morgan fingerprint density at radius 2 is 1.95 bits per heavy atom. The van der Waals surface area contributed by atoms with Gasteiger partial charge < -0.3 is 8.97 Å². The SMILES string of the molecule is [O-][S+](Cc1ccc(Br)cc1)c1nc2ccc(F)cc2o1. The molecule has 0 radical (unpaired) electrons. The molecule has 0 fully saturated rings. The number of hydrogen-bond acceptors (Lipinski definition) is 3. The fourth-order valence-corrected chi connectivity index (χ4v) is 3.03. The molecule has 0 aliphatic rings. The first kappa shape index (κ1) is 13.6. The van der Waals surface area contributed by atoms with Gasteiger partial charge in [0.15, 0.2) is 5.58 Å². The van der Waals surface area contributed by atoms with E-state index in [9.17, 15) is 8.94 Å². The Morgan fingerprint density at radius 1 is 1.20 bits per heavy atom. The van der Waals surface area contributed by atoms with Crippen molar-refractivity contribution in [2.75, 3.05) is 0 Å². The van der Waals surface area contributed by atoms with Crippen molar-refractivity contribution in [1.29, 1.82) is 0 Å². The van der Waals surface area contributed by atoms with E-state index in [1.807, 2.05) is 24.3 Å². The summed E-state index contributed by atoms with van der Waals surface area (Å²) in [5, 5.41) is 0.119. The van der Waals surface area contributed by atoms with E-state index in [4.69, 9.17) is 4.42 Å². The molecule has 0 aliphatic carbocycles. The van der Waals surface area contributed by atoms with Crippen LogP contribution in [-0.2, 0) is 16.9 Å². The molecule has 102 valence electrons. The molecule has 0 saturated carbocycles. The van der Waals surface area contributed by atoms with Crippen LogP contribution in [-0.4, -0.2) is 9.54 Å². The number of hydrogen-bond donors (Lipinski definition) is 0. The molecule has 3 aromatic rings. The smallest absolute Gasteiger partial charge is 0.416 e. The van der Waals surface area contributed by atoms with Crippen molar-refractivity contribution in [1.82, 2.24) is 4.98 Å². The van der Waals surface area contributed by atoms with Crippen LogP contribution >= 0.6 is 15.9 Å². The quantitative estimate of drug-likeness (QED) is 0.667. The van der Waals surface area contributed by atoms with Gasteiger partial charge in [0, 0.05) is 16.1 Å². The molecule has 0 N–H and O–H groups in total. The highest BCUT2D eigenvalue weighted by Gasteiger charge is 2.20. The molecule has 2 aromatic carbocycles. The summed E-state index contributed by atoms with van der Waals surface area (Å²) in [5.74, 6) is -0.0957. The molecule has 3 rings (SSSR count). The fraction of sp³-hybridized carbons (Fsp3) is 0.0714. The van der Waals surface area contributed by atoms with E-state index in [0.717, 1.165) is 10.0 Å². The van der Waals surface area contributed by atoms with Crippen LogP contribution in [0.1, 0.15) is 5.56 Å². The number of oxazole rings is 1. The second-order valence-corrected chi connectivity index (χ2v) is 6.45. The highest BCUT2D eigenvalue weighted by atomic mass is 79.9. The maximum absolute atomic E-state index is 13.1. The second-order valence-electron chi connectivity index (χ2n) is 4.21. The average molecular weight is 354 g/mol. The van der Waals surface area contributed by atoms with E-state index in [1.54, 1.807) is 0 Å². The van der Waals surface area contributed by atoms with Crippen LogP contribution in [0.25, 0.3) is 11.1 Å². The van der Waals surface area contributed by atoms with E-state index in [1.165, 1.54) is 18.2 Å². The lowest BCUT2D eigenvalue weighted by Gasteiger charge is -2.05. The van der Waals surface area contributed by atoms with Gasteiger partial charge in [-0.3, -0.25) is 0 Å². The van der Waals surface area contributed by atoms with Crippen LogP contribution < -0.4 is 0 Å². The lowest BCUT2D eigenvalue weighted by Crippen LogP contribution is -2.05. The minimum atomic E-state index is -1.40. The maximum atomic E-state index is 13.1. The normalized spacial score (nSPS) is 12.8. The van der Waals surface area contributed by atoms with Gasteiger partial charge in [-0.15, -0.1) is 0 Å². The molecule has 0 spiro atoms. The summed E-state index contributed by atoms with van der Waals surface area (Å²) in [6, 6.07) is 11.6. The van der Waals surface area contributed by atoms with Gasteiger partial charge >= 0.3 is 5.22 Å². The van der Waals surface area contributed by atoms with Crippen LogP contribution in [0.5, 0.6) is 0 Å².